The zero-order chi connectivity index (χ0) is 20.1. The average molecular weight is 422 g/mol. The topological polar surface area (TPSA) is 63.7 Å². The van der Waals surface area contributed by atoms with Gasteiger partial charge in [-0.25, -0.2) is 8.42 Å². The van der Waals surface area contributed by atoms with Crippen LogP contribution in [0.25, 0.3) is 0 Å². The van der Waals surface area contributed by atoms with E-state index in [1.54, 1.807) is 29.2 Å². The van der Waals surface area contributed by atoms with Crippen LogP contribution >= 0.6 is 11.6 Å². The molecular weight excluding hydrogens is 398 g/mol. The molecule has 0 aromatic heterocycles. The number of carbonyl (C=O) groups is 1. The first-order valence-electron chi connectivity index (χ1n) is 9.36. The minimum absolute atomic E-state index is 0.00298. The maximum Gasteiger partial charge on any atom is 0.254 e. The molecule has 1 amide bonds. The normalized spacial score (nSPS) is 18.0. The quantitative estimate of drug-likeness (QED) is 0.678. The summed E-state index contributed by atoms with van der Waals surface area (Å²) in [6, 6.07) is 14.0. The third-order valence-corrected chi connectivity index (χ3v) is 6.72. The molecule has 0 spiro atoms. The molecule has 1 saturated heterocycles. The predicted octanol–water partition coefficient (Wildman–Crippen LogP) is 3.96. The van der Waals surface area contributed by atoms with Crippen molar-refractivity contribution in [1.29, 1.82) is 0 Å². The molecule has 1 heterocycles. The first-order chi connectivity index (χ1) is 13.4. The number of hydrogen-bond acceptors (Lipinski definition) is 4. The van der Waals surface area contributed by atoms with Gasteiger partial charge in [-0.1, -0.05) is 36.7 Å². The van der Waals surface area contributed by atoms with E-state index in [1.165, 1.54) is 0 Å². The number of sulfone groups is 1. The Hall–Kier alpha value is -2.05. The van der Waals surface area contributed by atoms with E-state index in [2.05, 4.69) is 0 Å². The third kappa shape index (κ3) is 5.26. The number of amides is 1. The number of nitrogens with zero attached hydrogens (tertiary/aromatic N) is 1. The van der Waals surface area contributed by atoms with E-state index in [1.807, 2.05) is 31.2 Å². The van der Waals surface area contributed by atoms with Crippen LogP contribution in [0.1, 0.15) is 35.7 Å². The van der Waals surface area contributed by atoms with Crippen LogP contribution in [0.2, 0.25) is 5.02 Å². The van der Waals surface area contributed by atoms with Crippen molar-refractivity contribution in [3.63, 3.8) is 0 Å². The Bertz CT molecular complexity index is 928. The highest BCUT2D eigenvalue weighted by atomic mass is 35.5. The molecule has 1 atom stereocenters. The number of hydrogen-bond donors (Lipinski definition) is 0. The summed E-state index contributed by atoms with van der Waals surface area (Å²) in [7, 11) is -3.11. The summed E-state index contributed by atoms with van der Waals surface area (Å²) >= 11 is 6.04. The smallest absolute Gasteiger partial charge is 0.254 e. The summed E-state index contributed by atoms with van der Waals surface area (Å²) in [5.41, 5.74) is 1.38. The molecule has 1 aliphatic heterocycles. The van der Waals surface area contributed by atoms with Crippen LogP contribution in [-0.4, -0.2) is 43.4 Å². The Morgan fingerprint density at radius 3 is 2.57 bits per heavy atom. The third-order valence-electron chi connectivity index (χ3n) is 4.73. The van der Waals surface area contributed by atoms with Crippen LogP contribution in [-0.2, 0) is 16.4 Å². The highest BCUT2D eigenvalue weighted by molar-refractivity contribution is 7.91. The van der Waals surface area contributed by atoms with Gasteiger partial charge in [-0.05, 0) is 48.7 Å². The molecular formula is C21H24ClNO4S. The SMILES string of the molecule is CCCOc1ccc(CN(C(=O)c2cccc(Cl)c2)C2CCS(=O)(=O)C2)cc1. The van der Waals surface area contributed by atoms with Gasteiger partial charge in [0.05, 0.1) is 18.1 Å². The van der Waals surface area contributed by atoms with Gasteiger partial charge in [0.2, 0.25) is 0 Å². The standard InChI is InChI=1S/C21H24ClNO4S/c1-2-11-27-20-8-6-16(7-9-20)14-23(19-10-12-28(25,26)15-19)21(24)17-4-3-5-18(22)13-17/h3-9,13,19H,2,10-12,14-15H2,1H3. The lowest BCUT2D eigenvalue weighted by Gasteiger charge is -2.28. The molecule has 0 saturated carbocycles. The Labute approximate surface area is 171 Å². The van der Waals surface area contributed by atoms with E-state index < -0.39 is 9.84 Å². The number of carbonyl (C=O) groups excluding carboxylic acids is 1. The summed E-state index contributed by atoms with van der Waals surface area (Å²) in [6.07, 6.45) is 1.38. The molecule has 0 radical (unpaired) electrons. The Morgan fingerprint density at radius 2 is 1.96 bits per heavy atom. The molecule has 0 aliphatic carbocycles. The van der Waals surface area contributed by atoms with Gasteiger partial charge in [0.15, 0.2) is 9.84 Å². The first-order valence-corrected chi connectivity index (χ1v) is 11.6. The van der Waals surface area contributed by atoms with Crippen molar-refractivity contribution in [2.75, 3.05) is 18.1 Å². The van der Waals surface area contributed by atoms with Gasteiger partial charge in [0.25, 0.3) is 5.91 Å². The van der Waals surface area contributed by atoms with Crippen LogP contribution in [0.15, 0.2) is 48.5 Å². The van der Waals surface area contributed by atoms with Gasteiger partial charge in [0.1, 0.15) is 5.75 Å². The molecule has 0 N–H and O–H groups in total. The molecule has 1 fully saturated rings. The molecule has 28 heavy (non-hydrogen) atoms. The van der Waals surface area contributed by atoms with Gasteiger partial charge < -0.3 is 9.64 Å². The number of ether oxygens (including phenoxy) is 1. The molecule has 1 aliphatic rings. The molecule has 7 heteroatoms. The Balaban J connectivity index is 1.83. The maximum atomic E-state index is 13.2. The summed E-state index contributed by atoms with van der Waals surface area (Å²) in [5.74, 6) is 0.676. The van der Waals surface area contributed by atoms with Crippen LogP contribution in [0.5, 0.6) is 5.75 Å². The van der Waals surface area contributed by atoms with Crippen molar-refractivity contribution in [2.24, 2.45) is 0 Å². The predicted molar refractivity (Wildman–Crippen MR) is 111 cm³/mol. The highest BCUT2D eigenvalue weighted by Gasteiger charge is 2.35. The van der Waals surface area contributed by atoms with E-state index in [4.69, 9.17) is 16.3 Å². The van der Waals surface area contributed by atoms with E-state index in [0.717, 1.165) is 17.7 Å². The van der Waals surface area contributed by atoms with E-state index in [0.29, 0.717) is 30.2 Å². The molecule has 3 rings (SSSR count). The Morgan fingerprint density at radius 1 is 1.21 bits per heavy atom. The monoisotopic (exact) mass is 421 g/mol. The van der Waals surface area contributed by atoms with Crippen LogP contribution in [0.4, 0.5) is 0 Å². The first kappa shape index (κ1) is 20.7. The second kappa shape index (κ2) is 8.97. The lowest BCUT2D eigenvalue weighted by Crippen LogP contribution is -2.40. The number of rotatable bonds is 7. The minimum atomic E-state index is -3.11. The summed E-state index contributed by atoms with van der Waals surface area (Å²) in [4.78, 5) is 14.8. The average Bonchev–Trinajstić information content (AvgIpc) is 3.04. The van der Waals surface area contributed by atoms with E-state index in [-0.39, 0.29) is 23.5 Å². The van der Waals surface area contributed by atoms with Gasteiger partial charge in [-0.15, -0.1) is 0 Å². The van der Waals surface area contributed by atoms with Crippen molar-refractivity contribution in [3.8, 4) is 5.75 Å². The number of benzene rings is 2. The van der Waals surface area contributed by atoms with Gasteiger partial charge in [-0.3, -0.25) is 4.79 Å². The zero-order valence-corrected chi connectivity index (χ0v) is 17.4. The van der Waals surface area contributed by atoms with Crippen molar-refractivity contribution in [2.45, 2.75) is 32.4 Å². The van der Waals surface area contributed by atoms with E-state index in [9.17, 15) is 13.2 Å². The van der Waals surface area contributed by atoms with Crippen molar-refractivity contribution < 1.29 is 17.9 Å². The van der Waals surface area contributed by atoms with Crippen molar-refractivity contribution >= 4 is 27.3 Å². The van der Waals surface area contributed by atoms with E-state index >= 15 is 0 Å². The molecule has 150 valence electrons. The summed E-state index contributed by atoms with van der Waals surface area (Å²) < 4.78 is 29.6. The van der Waals surface area contributed by atoms with Crippen molar-refractivity contribution in [3.05, 3.63) is 64.7 Å². The molecule has 5 nitrogen and oxygen atoms in total. The molecule has 1 unspecified atom stereocenters. The van der Waals surface area contributed by atoms with Crippen LogP contribution < -0.4 is 4.74 Å². The zero-order valence-electron chi connectivity index (χ0n) is 15.8. The fourth-order valence-electron chi connectivity index (χ4n) is 3.28. The molecule has 2 aromatic carbocycles. The highest BCUT2D eigenvalue weighted by Crippen LogP contribution is 2.24. The number of halogens is 1. The second-order valence-electron chi connectivity index (χ2n) is 6.99. The maximum absolute atomic E-state index is 13.2. The van der Waals surface area contributed by atoms with Gasteiger partial charge in [-0.2, -0.15) is 0 Å². The molecule has 0 bridgehead atoms. The fourth-order valence-corrected chi connectivity index (χ4v) is 5.20. The van der Waals surface area contributed by atoms with Crippen LogP contribution in [0, 0.1) is 0 Å². The fraction of sp³-hybridized carbons (Fsp3) is 0.381. The molecule has 2 aromatic rings. The van der Waals surface area contributed by atoms with Gasteiger partial charge in [0, 0.05) is 23.2 Å². The van der Waals surface area contributed by atoms with Crippen molar-refractivity contribution in [1.82, 2.24) is 4.90 Å². The summed E-state index contributed by atoms with van der Waals surface area (Å²) in [6.45, 7) is 3.03. The lowest BCUT2D eigenvalue weighted by atomic mass is 10.1. The summed E-state index contributed by atoms with van der Waals surface area (Å²) in [5, 5.41) is 0.474. The van der Waals surface area contributed by atoms with Gasteiger partial charge >= 0.3 is 0 Å². The largest absolute Gasteiger partial charge is 0.494 e. The lowest BCUT2D eigenvalue weighted by molar-refractivity contribution is 0.0681. The second-order valence-corrected chi connectivity index (χ2v) is 9.66. The van der Waals surface area contributed by atoms with Crippen LogP contribution in [0.3, 0.4) is 0 Å². The minimum Gasteiger partial charge on any atom is -0.494 e. The Kier molecular flexibility index (Phi) is 6.62.